The molecule has 0 aliphatic carbocycles. The Morgan fingerprint density at radius 3 is 2.45 bits per heavy atom. The highest BCUT2D eigenvalue weighted by molar-refractivity contribution is 7.90. The number of rotatable bonds is 3. The highest BCUT2D eigenvalue weighted by Crippen LogP contribution is 2.16. The molecule has 0 saturated carbocycles. The van der Waals surface area contributed by atoms with Gasteiger partial charge in [0.2, 0.25) is 0 Å². The Morgan fingerprint density at radius 2 is 1.85 bits per heavy atom. The lowest BCUT2D eigenvalue weighted by Crippen LogP contribution is -2.16. The Hall–Kier alpha value is -2.21. The second-order valence-corrected chi connectivity index (χ2v) is 6.43. The smallest absolute Gasteiger partial charge is 0.258 e. The summed E-state index contributed by atoms with van der Waals surface area (Å²) in [5, 5.41) is 2.58. The van der Waals surface area contributed by atoms with Crippen LogP contribution < -0.4 is 5.32 Å². The maximum absolute atomic E-state index is 12.2. The number of sulfone groups is 1. The van der Waals surface area contributed by atoms with E-state index in [2.05, 4.69) is 10.3 Å². The van der Waals surface area contributed by atoms with Crippen LogP contribution in [0.2, 0.25) is 0 Å². The SMILES string of the molecule is Cc1ccc(NC(=O)c2ccccc2S(C)(=O)=O)nc1. The summed E-state index contributed by atoms with van der Waals surface area (Å²) in [6.45, 7) is 1.89. The molecular weight excluding hydrogens is 276 g/mol. The van der Waals surface area contributed by atoms with Gasteiger partial charge in [-0.1, -0.05) is 18.2 Å². The molecule has 1 heterocycles. The van der Waals surface area contributed by atoms with Gasteiger partial charge in [-0.3, -0.25) is 4.79 Å². The molecule has 1 aromatic carbocycles. The summed E-state index contributed by atoms with van der Waals surface area (Å²) >= 11 is 0. The molecule has 6 heteroatoms. The number of aryl methyl sites for hydroxylation is 1. The van der Waals surface area contributed by atoms with E-state index >= 15 is 0 Å². The van der Waals surface area contributed by atoms with Crippen LogP contribution in [0.3, 0.4) is 0 Å². The number of amides is 1. The molecule has 0 bridgehead atoms. The summed E-state index contributed by atoms with van der Waals surface area (Å²) in [7, 11) is -3.46. The molecule has 20 heavy (non-hydrogen) atoms. The Morgan fingerprint density at radius 1 is 1.15 bits per heavy atom. The summed E-state index contributed by atoms with van der Waals surface area (Å²) in [5.74, 6) is -0.119. The van der Waals surface area contributed by atoms with Crippen molar-refractivity contribution in [1.29, 1.82) is 0 Å². The molecule has 0 aliphatic rings. The fourth-order valence-electron chi connectivity index (χ4n) is 1.70. The van der Waals surface area contributed by atoms with Gasteiger partial charge < -0.3 is 5.32 Å². The van der Waals surface area contributed by atoms with E-state index in [1.54, 1.807) is 24.4 Å². The summed E-state index contributed by atoms with van der Waals surface area (Å²) in [5.41, 5.74) is 1.08. The summed E-state index contributed by atoms with van der Waals surface area (Å²) in [6.07, 6.45) is 2.70. The maximum atomic E-state index is 12.2. The van der Waals surface area contributed by atoms with Crippen LogP contribution >= 0.6 is 0 Å². The minimum atomic E-state index is -3.46. The van der Waals surface area contributed by atoms with Gasteiger partial charge in [0.05, 0.1) is 10.5 Å². The normalized spacial score (nSPS) is 11.1. The molecule has 0 unspecified atom stereocenters. The van der Waals surface area contributed by atoms with Crippen LogP contribution in [0.1, 0.15) is 15.9 Å². The molecule has 104 valence electrons. The lowest BCUT2D eigenvalue weighted by molar-refractivity contribution is 0.102. The largest absolute Gasteiger partial charge is 0.307 e. The van der Waals surface area contributed by atoms with Crippen LogP contribution in [0.15, 0.2) is 47.5 Å². The topological polar surface area (TPSA) is 76.1 Å². The quantitative estimate of drug-likeness (QED) is 0.938. The van der Waals surface area contributed by atoms with Crippen molar-refractivity contribution in [3.63, 3.8) is 0 Å². The molecule has 0 atom stereocenters. The van der Waals surface area contributed by atoms with Crippen LogP contribution in [0, 0.1) is 6.92 Å². The lowest BCUT2D eigenvalue weighted by Gasteiger charge is -2.08. The molecule has 2 aromatic rings. The number of carbonyl (C=O) groups is 1. The van der Waals surface area contributed by atoms with Gasteiger partial charge in [-0.25, -0.2) is 13.4 Å². The zero-order valence-corrected chi connectivity index (χ0v) is 11.9. The second-order valence-electron chi connectivity index (χ2n) is 4.44. The van der Waals surface area contributed by atoms with Crippen molar-refractivity contribution in [2.75, 3.05) is 11.6 Å². The van der Waals surface area contributed by atoms with Crippen LogP contribution in [-0.2, 0) is 9.84 Å². The molecule has 1 aromatic heterocycles. The fraction of sp³-hybridized carbons (Fsp3) is 0.143. The average Bonchev–Trinajstić information content (AvgIpc) is 2.40. The van der Waals surface area contributed by atoms with Gasteiger partial charge in [0.1, 0.15) is 5.82 Å². The molecule has 1 N–H and O–H groups in total. The van der Waals surface area contributed by atoms with E-state index in [0.717, 1.165) is 11.8 Å². The van der Waals surface area contributed by atoms with E-state index in [4.69, 9.17) is 0 Å². The van der Waals surface area contributed by atoms with E-state index < -0.39 is 15.7 Å². The average molecular weight is 290 g/mol. The highest BCUT2D eigenvalue weighted by Gasteiger charge is 2.18. The number of benzene rings is 1. The molecule has 0 spiro atoms. The molecule has 0 fully saturated rings. The van der Waals surface area contributed by atoms with Gasteiger partial charge in [-0.05, 0) is 30.7 Å². The minimum absolute atomic E-state index is 0.00427. The number of hydrogen-bond donors (Lipinski definition) is 1. The minimum Gasteiger partial charge on any atom is -0.307 e. The first-order valence-electron chi connectivity index (χ1n) is 5.91. The number of hydrogen-bond acceptors (Lipinski definition) is 4. The van der Waals surface area contributed by atoms with E-state index in [1.807, 2.05) is 13.0 Å². The Kier molecular flexibility index (Phi) is 3.85. The maximum Gasteiger partial charge on any atom is 0.258 e. The highest BCUT2D eigenvalue weighted by atomic mass is 32.2. The zero-order chi connectivity index (χ0) is 14.8. The first-order valence-corrected chi connectivity index (χ1v) is 7.80. The van der Waals surface area contributed by atoms with Crippen molar-refractivity contribution in [2.45, 2.75) is 11.8 Å². The van der Waals surface area contributed by atoms with Crippen molar-refractivity contribution in [3.05, 3.63) is 53.7 Å². The third-order valence-corrected chi connectivity index (χ3v) is 3.84. The molecular formula is C14H14N2O3S. The number of pyridine rings is 1. The van der Waals surface area contributed by atoms with Gasteiger partial charge >= 0.3 is 0 Å². The predicted octanol–water partition coefficient (Wildman–Crippen LogP) is 2.05. The van der Waals surface area contributed by atoms with Gasteiger partial charge in [-0.15, -0.1) is 0 Å². The third-order valence-electron chi connectivity index (χ3n) is 2.68. The molecule has 1 amide bonds. The van der Waals surface area contributed by atoms with Crippen LogP contribution in [0.25, 0.3) is 0 Å². The summed E-state index contributed by atoms with van der Waals surface area (Å²) < 4.78 is 23.3. The first kappa shape index (κ1) is 14.2. The number of nitrogens with one attached hydrogen (secondary N) is 1. The number of carbonyl (C=O) groups excluding carboxylic acids is 1. The fourth-order valence-corrected chi connectivity index (χ4v) is 2.59. The second kappa shape index (κ2) is 5.42. The molecule has 5 nitrogen and oxygen atoms in total. The standard InChI is InChI=1S/C14H14N2O3S/c1-10-7-8-13(15-9-10)16-14(17)11-5-3-4-6-12(11)20(2,18)19/h3-9H,1-2H3,(H,15,16,17). The third kappa shape index (κ3) is 3.21. The zero-order valence-electron chi connectivity index (χ0n) is 11.1. The Bertz CT molecular complexity index is 737. The molecule has 0 radical (unpaired) electrons. The van der Waals surface area contributed by atoms with Gasteiger partial charge in [-0.2, -0.15) is 0 Å². The van der Waals surface area contributed by atoms with Crippen molar-refractivity contribution in [3.8, 4) is 0 Å². The van der Waals surface area contributed by atoms with Crippen molar-refractivity contribution >= 4 is 21.6 Å². The Labute approximate surface area is 117 Å². The van der Waals surface area contributed by atoms with E-state index in [0.29, 0.717) is 5.82 Å². The Balaban J connectivity index is 2.33. The molecule has 2 rings (SSSR count). The van der Waals surface area contributed by atoms with E-state index in [9.17, 15) is 13.2 Å². The van der Waals surface area contributed by atoms with Crippen molar-refractivity contribution in [2.24, 2.45) is 0 Å². The molecule has 0 aliphatic heterocycles. The van der Waals surface area contributed by atoms with Gasteiger partial charge in [0, 0.05) is 12.5 Å². The number of anilines is 1. The molecule has 0 saturated heterocycles. The van der Waals surface area contributed by atoms with Gasteiger partial charge in [0.15, 0.2) is 9.84 Å². The predicted molar refractivity (Wildman–Crippen MR) is 76.5 cm³/mol. The number of nitrogens with zero attached hydrogens (tertiary/aromatic N) is 1. The van der Waals surface area contributed by atoms with Crippen molar-refractivity contribution in [1.82, 2.24) is 4.98 Å². The van der Waals surface area contributed by atoms with E-state index in [1.165, 1.54) is 12.1 Å². The summed E-state index contributed by atoms with van der Waals surface area (Å²) in [6, 6.07) is 9.55. The number of aromatic nitrogens is 1. The lowest BCUT2D eigenvalue weighted by atomic mass is 10.2. The van der Waals surface area contributed by atoms with E-state index in [-0.39, 0.29) is 10.5 Å². The summed E-state index contributed by atoms with van der Waals surface area (Å²) in [4.78, 5) is 16.2. The van der Waals surface area contributed by atoms with Crippen LogP contribution in [0.4, 0.5) is 5.82 Å². The van der Waals surface area contributed by atoms with Crippen LogP contribution in [0.5, 0.6) is 0 Å². The van der Waals surface area contributed by atoms with Gasteiger partial charge in [0.25, 0.3) is 5.91 Å². The van der Waals surface area contributed by atoms with Crippen LogP contribution in [-0.4, -0.2) is 25.6 Å². The van der Waals surface area contributed by atoms with Crippen molar-refractivity contribution < 1.29 is 13.2 Å². The first-order chi connectivity index (χ1) is 9.38. The monoisotopic (exact) mass is 290 g/mol.